The predicted octanol–water partition coefficient (Wildman–Crippen LogP) is 1.79. The van der Waals surface area contributed by atoms with E-state index in [4.69, 9.17) is 9.47 Å². The SMILES string of the molecule is COC(=O)C1COCCN1CCSc1ccc(F)cc1. The lowest BCUT2D eigenvalue weighted by molar-refractivity contribution is -0.153. The van der Waals surface area contributed by atoms with Gasteiger partial charge in [0.15, 0.2) is 0 Å². The van der Waals surface area contributed by atoms with E-state index in [2.05, 4.69) is 4.90 Å². The van der Waals surface area contributed by atoms with E-state index in [0.717, 1.165) is 23.7 Å². The number of morpholine rings is 1. The van der Waals surface area contributed by atoms with Gasteiger partial charge in [-0.3, -0.25) is 9.69 Å². The molecular formula is C14H18FNO3S. The molecule has 1 unspecified atom stereocenters. The lowest BCUT2D eigenvalue weighted by Crippen LogP contribution is -2.51. The van der Waals surface area contributed by atoms with E-state index < -0.39 is 0 Å². The van der Waals surface area contributed by atoms with Gasteiger partial charge in [-0.2, -0.15) is 0 Å². The molecule has 0 aliphatic carbocycles. The van der Waals surface area contributed by atoms with E-state index in [9.17, 15) is 9.18 Å². The number of hydrogen-bond donors (Lipinski definition) is 0. The summed E-state index contributed by atoms with van der Waals surface area (Å²) in [5.41, 5.74) is 0. The van der Waals surface area contributed by atoms with Crippen LogP contribution in [-0.4, -0.2) is 56.1 Å². The summed E-state index contributed by atoms with van der Waals surface area (Å²) in [4.78, 5) is 14.8. The van der Waals surface area contributed by atoms with Gasteiger partial charge < -0.3 is 9.47 Å². The first kappa shape index (κ1) is 15.3. The Morgan fingerprint density at radius 1 is 1.50 bits per heavy atom. The van der Waals surface area contributed by atoms with Crippen LogP contribution in [0.1, 0.15) is 0 Å². The highest BCUT2D eigenvalue weighted by atomic mass is 32.2. The average molecular weight is 299 g/mol. The lowest BCUT2D eigenvalue weighted by atomic mass is 10.2. The molecule has 0 N–H and O–H groups in total. The number of halogens is 1. The van der Waals surface area contributed by atoms with E-state index in [0.29, 0.717) is 13.2 Å². The molecule has 1 atom stereocenters. The highest BCUT2D eigenvalue weighted by Gasteiger charge is 2.29. The highest BCUT2D eigenvalue weighted by Crippen LogP contribution is 2.19. The molecule has 1 aliphatic rings. The zero-order valence-electron chi connectivity index (χ0n) is 11.4. The Bertz CT molecular complexity index is 441. The first-order valence-corrected chi connectivity index (χ1v) is 7.47. The first-order chi connectivity index (χ1) is 9.70. The second-order valence-electron chi connectivity index (χ2n) is 4.45. The van der Waals surface area contributed by atoms with Gasteiger partial charge >= 0.3 is 5.97 Å². The van der Waals surface area contributed by atoms with Crippen LogP contribution in [0.2, 0.25) is 0 Å². The number of rotatable bonds is 5. The fourth-order valence-corrected chi connectivity index (χ4v) is 2.96. The van der Waals surface area contributed by atoms with Crippen molar-refractivity contribution in [2.45, 2.75) is 10.9 Å². The van der Waals surface area contributed by atoms with Gasteiger partial charge in [-0.25, -0.2) is 4.39 Å². The quantitative estimate of drug-likeness (QED) is 0.612. The monoisotopic (exact) mass is 299 g/mol. The summed E-state index contributed by atoms with van der Waals surface area (Å²) in [7, 11) is 1.39. The minimum absolute atomic E-state index is 0.228. The normalized spacial score (nSPS) is 19.8. The minimum atomic E-state index is -0.317. The highest BCUT2D eigenvalue weighted by molar-refractivity contribution is 7.99. The number of thioether (sulfide) groups is 1. The molecule has 0 spiro atoms. The van der Waals surface area contributed by atoms with Gasteiger partial charge in [-0.15, -0.1) is 11.8 Å². The maximum atomic E-state index is 12.8. The number of hydrogen-bond acceptors (Lipinski definition) is 5. The van der Waals surface area contributed by atoms with E-state index >= 15 is 0 Å². The molecule has 1 saturated heterocycles. The Morgan fingerprint density at radius 2 is 2.25 bits per heavy atom. The number of esters is 1. The van der Waals surface area contributed by atoms with Crippen LogP contribution in [-0.2, 0) is 14.3 Å². The predicted molar refractivity (Wildman–Crippen MR) is 75.3 cm³/mol. The fraction of sp³-hybridized carbons (Fsp3) is 0.500. The fourth-order valence-electron chi connectivity index (χ4n) is 2.07. The average Bonchev–Trinajstić information content (AvgIpc) is 2.49. The molecule has 1 heterocycles. The number of methoxy groups -OCH3 is 1. The molecular weight excluding hydrogens is 281 g/mol. The molecule has 0 amide bonds. The van der Waals surface area contributed by atoms with Crippen molar-refractivity contribution in [3.63, 3.8) is 0 Å². The Hall–Kier alpha value is -1.11. The molecule has 2 rings (SSSR count). The van der Waals surface area contributed by atoms with Gasteiger partial charge in [-0.1, -0.05) is 0 Å². The second kappa shape index (κ2) is 7.61. The molecule has 110 valence electrons. The molecule has 1 aromatic rings. The Balaban J connectivity index is 1.82. The summed E-state index contributed by atoms with van der Waals surface area (Å²) in [5.74, 6) is 0.351. The van der Waals surface area contributed by atoms with Gasteiger partial charge in [0.1, 0.15) is 11.9 Å². The molecule has 4 nitrogen and oxygen atoms in total. The number of carbonyl (C=O) groups excluding carboxylic acids is 1. The Labute approximate surface area is 122 Å². The van der Waals surface area contributed by atoms with Crippen LogP contribution in [0.25, 0.3) is 0 Å². The first-order valence-electron chi connectivity index (χ1n) is 6.48. The summed E-state index contributed by atoms with van der Waals surface area (Å²) < 4.78 is 22.9. The third-order valence-electron chi connectivity index (χ3n) is 3.17. The van der Waals surface area contributed by atoms with Crippen LogP contribution >= 0.6 is 11.8 Å². The van der Waals surface area contributed by atoms with Crippen molar-refractivity contribution < 1.29 is 18.7 Å². The summed E-state index contributed by atoms with van der Waals surface area (Å²) in [6.07, 6.45) is 0. The molecule has 0 aromatic heterocycles. The minimum Gasteiger partial charge on any atom is -0.468 e. The van der Waals surface area contributed by atoms with Crippen LogP contribution in [0.4, 0.5) is 4.39 Å². The van der Waals surface area contributed by atoms with Crippen molar-refractivity contribution in [3.8, 4) is 0 Å². The Morgan fingerprint density at radius 3 is 2.95 bits per heavy atom. The number of carbonyl (C=O) groups is 1. The molecule has 1 fully saturated rings. The van der Waals surface area contributed by atoms with E-state index in [1.807, 2.05) is 0 Å². The zero-order chi connectivity index (χ0) is 14.4. The van der Waals surface area contributed by atoms with E-state index in [1.54, 1.807) is 23.9 Å². The maximum absolute atomic E-state index is 12.8. The summed E-state index contributed by atoms with van der Waals surface area (Å²) in [6, 6.07) is 6.11. The molecule has 6 heteroatoms. The molecule has 1 aromatic carbocycles. The largest absolute Gasteiger partial charge is 0.468 e. The topological polar surface area (TPSA) is 38.8 Å². The number of ether oxygens (including phenoxy) is 2. The van der Waals surface area contributed by atoms with Gasteiger partial charge in [0, 0.05) is 23.7 Å². The van der Waals surface area contributed by atoms with Crippen molar-refractivity contribution in [1.29, 1.82) is 0 Å². The zero-order valence-corrected chi connectivity index (χ0v) is 12.2. The lowest BCUT2D eigenvalue weighted by Gasteiger charge is -2.33. The number of benzene rings is 1. The maximum Gasteiger partial charge on any atom is 0.325 e. The summed E-state index contributed by atoms with van der Waals surface area (Å²) in [5, 5.41) is 0. The molecule has 1 aliphatic heterocycles. The van der Waals surface area contributed by atoms with Crippen molar-refractivity contribution in [3.05, 3.63) is 30.1 Å². The van der Waals surface area contributed by atoms with Crippen molar-refractivity contribution in [1.82, 2.24) is 4.90 Å². The third kappa shape index (κ3) is 4.19. The van der Waals surface area contributed by atoms with Crippen LogP contribution < -0.4 is 0 Å². The van der Waals surface area contributed by atoms with Gasteiger partial charge in [0.25, 0.3) is 0 Å². The van der Waals surface area contributed by atoms with E-state index in [1.165, 1.54) is 19.2 Å². The standard InChI is InChI=1S/C14H18FNO3S/c1-18-14(17)13-10-19-8-6-16(13)7-9-20-12-4-2-11(15)3-5-12/h2-5,13H,6-10H2,1H3. The molecule has 0 radical (unpaired) electrons. The van der Waals surface area contributed by atoms with Crippen molar-refractivity contribution >= 4 is 17.7 Å². The second-order valence-corrected chi connectivity index (χ2v) is 5.62. The van der Waals surface area contributed by atoms with Crippen LogP contribution in [0.3, 0.4) is 0 Å². The van der Waals surface area contributed by atoms with Crippen LogP contribution in [0.15, 0.2) is 29.2 Å². The van der Waals surface area contributed by atoms with Crippen LogP contribution in [0.5, 0.6) is 0 Å². The Kier molecular flexibility index (Phi) is 5.82. The molecule has 0 saturated carbocycles. The summed E-state index contributed by atoms with van der Waals surface area (Å²) in [6.45, 7) is 2.51. The van der Waals surface area contributed by atoms with Crippen molar-refractivity contribution in [2.75, 3.05) is 39.2 Å². The van der Waals surface area contributed by atoms with Gasteiger partial charge in [0.2, 0.25) is 0 Å². The van der Waals surface area contributed by atoms with Gasteiger partial charge in [0.05, 0.1) is 20.3 Å². The third-order valence-corrected chi connectivity index (χ3v) is 4.17. The van der Waals surface area contributed by atoms with Gasteiger partial charge in [-0.05, 0) is 24.3 Å². The van der Waals surface area contributed by atoms with E-state index in [-0.39, 0.29) is 17.8 Å². The van der Waals surface area contributed by atoms with Crippen molar-refractivity contribution in [2.24, 2.45) is 0 Å². The molecule has 0 bridgehead atoms. The molecule has 20 heavy (non-hydrogen) atoms. The number of nitrogens with zero attached hydrogens (tertiary/aromatic N) is 1. The smallest absolute Gasteiger partial charge is 0.325 e. The summed E-state index contributed by atoms with van der Waals surface area (Å²) >= 11 is 1.64. The van der Waals surface area contributed by atoms with Crippen LogP contribution in [0, 0.1) is 5.82 Å².